The molecule has 1 fully saturated rings. The summed E-state index contributed by atoms with van der Waals surface area (Å²) >= 11 is 5.87. The minimum atomic E-state index is -0.0494. The Bertz CT molecular complexity index is 408. The molecule has 98 valence electrons. The molecule has 1 heterocycles. The number of ether oxygens (including phenoxy) is 1. The molecule has 4 nitrogen and oxygen atoms in total. The number of rotatable bonds is 5. The van der Waals surface area contributed by atoms with Gasteiger partial charge in [0.1, 0.15) is 6.17 Å². The molecule has 0 aromatic heterocycles. The monoisotopic (exact) mass is 268 g/mol. The third kappa shape index (κ3) is 3.02. The summed E-state index contributed by atoms with van der Waals surface area (Å²) in [4.78, 5) is 13.7. The summed E-state index contributed by atoms with van der Waals surface area (Å²) in [6.07, 6.45) is 0.792. The van der Waals surface area contributed by atoms with Gasteiger partial charge in [-0.3, -0.25) is 10.1 Å². The summed E-state index contributed by atoms with van der Waals surface area (Å²) in [6, 6.07) is 7.58. The van der Waals surface area contributed by atoms with Gasteiger partial charge in [-0.25, -0.2) is 0 Å². The van der Waals surface area contributed by atoms with E-state index in [-0.39, 0.29) is 12.1 Å². The van der Waals surface area contributed by atoms with Crippen LogP contribution in [0.15, 0.2) is 24.3 Å². The van der Waals surface area contributed by atoms with Crippen LogP contribution in [0.4, 0.5) is 0 Å². The van der Waals surface area contributed by atoms with E-state index in [0.717, 1.165) is 12.0 Å². The fourth-order valence-electron chi connectivity index (χ4n) is 2.12. The number of carbonyl (C=O) groups is 1. The Kier molecular flexibility index (Phi) is 4.58. The van der Waals surface area contributed by atoms with E-state index in [2.05, 4.69) is 5.32 Å². The number of methoxy groups -OCH3 is 1. The molecule has 1 aliphatic rings. The standard InChI is InChI=1S/C13H17ClN2O2/c1-18-8-2-7-16-12(17)9-15-13(16)10-3-5-11(14)6-4-10/h3-6,13,15H,2,7-9H2,1H3. The van der Waals surface area contributed by atoms with Crippen LogP contribution in [-0.2, 0) is 9.53 Å². The Balaban J connectivity index is 2.06. The maximum absolute atomic E-state index is 11.8. The van der Waals surface area contributed by atoms with E-state index in [1.165, 1.54) is 0 Å². The lowest BCUT2D eigenvalue weighted by Gasteiger charge is -2.24. The number of amides is 1. The third-order valence-corrected chi connectivity index (χ3v) is 3.26. The third-order valence-electron chi connectivity index (χ3n) is 3.01. The molecule has 1 aliphatic heterocycles. The molecule has 5 heteroatoms. The van der Waals surface area contributed by atoms with E-state index >= 15 is 0 Å². The summed E-state index contributed by atoms with van der Waals surface area (Å²) in [5.74, 6) is 0.131. The van der Waals surface area contributed by atoms with Crippen LogP contribution in [0.3, 0.4) is 0 Å². The van der Waals surface area contributed by atoms with Gasteiger partial charge in [-0.1, -0.05) is 23.7 Å². The smallest absolute Gasteiger partial charge is 0.238 e. The van der Waals surface area contributed by atoms with Crippen molar-refractivity contribution in [3.63, 3.8) is 0 Å². The lowest BCUT2D eigenvalue weighted by atomic mass is 10.1. The summed E-state index contributed by atoms with van der Waals surface area (Å²) in [5, 5.41) is 3.91. The maximum atomic E-state index is 11.8. The SMILES string of the molecule is COCCCN1C(=O)CNC1c1ccc(Cl)cc1. The van der Waals surface area contributed by atoms with Gasteiger partial charge < -0.3 is 9.64 Å². The van der Waals surface area contributed by atoms with Crippen molar-refractivity contribution in [1.82, 2.24) is 10.2 Å². The highest BCUT2D eigenvalue weighted by molar-refractivity contribution is 6.30. The van der Waals surface area contributed by atoms with Gasteiger partial charge in [0.25, 0.3) is 0 Å². The van der Waals surface area contributed by atoms with E-state index < -0.39 is 0 Å². The second kappa shape index (κ2) is 6.18. The minimum Gasteiger partial charge on any atom is -0.385 e. The van der Waals surface area contributed by atoms with E-state index in [4.69, 9.17) is 16.3 Å². The Morgan fingerprint density at radius 2 is 2.17 bits per heavy atom. The molecule has 0 aliphatic carbocycles. The first-order chi connectivity index (χ1) is 8.72. The number of nitrogens with one attached hydrogen (secondary N) is 1. The summed E-state index contributed by atoms with van der Waals surface area (Å²) in [5.41, 5.74) is 1.06. The molecule has 1 amide bonds. The first-order valence-electron chi connectivity index (χ1n) is 5.99. The molecule has 0 bridgehead atoms. The van der Waals surface area contributed by atoms with Gasteiger partial charge in [0, 0.05) is 25.3 Å². The highest BCUT2D eigenvalue weighted by Gasteiger charge is 2.30. The lowest BCUT2D eigenvalue weighted by molar-refractivity contribution is -0.128. The second-order valence-electron chi connectivity index (χ2n) is 4.27. The molecule has 1 aromatic rings. The van der Waals surface area contributed by atoms with Crippen molar-refractivity contribution in [2.45, 2.75) is 12.6 Å². The summed E-state index contributed by atoms with van der Waals surface area (Å²) in [7, 11) is 1.67. The van der Waals surface area contributed by atoms with Crippen LogP contribution in [0, 0.1) is 0 Å². The molecule has 0 spiro atoms. The molecule has 18 heavy (non-hydrogen) atoms. The fourth-order valence-corrected chi connectivity index (χ4v) is 2.24. The highest BCUT2D eigenvalue weighted by Crippen LogP contribution is 2.23. The van der Waals surface area contributed by atoms with Gasteiger partial charge in [-0.2, -0.15) is 0 Å². The van der Waals surface area contributed by atoms with E-state index in [9.17, 15) is 4.79 Å². The molecule has 2 rings (SSSR count). The van der Waals surface area contributed by atoms with E-state index in [1.807, 2.05) is 29.2 Å². The van der Waals surface area contributed by atoms with E-state index in [0.29, 0.717) is 24.7 Å². The normalized spacial score (nSPS) is 19.6. The predicted molar refractivity (Wildman–Crippen MR) is 70.4 cm³/mol. The molecular formula is C13H17ClN2O2. The van der Waals surface area contributed by atoms with Gasteiger partial charge in [0.15, 0.2) is 0 Å². The number of carbonyl (C=O) groups excluding carboxylic acids is 1. The zero-order chi connectivity index (χ0) is 13.0. The summed E-state index contributed by atoms with van der Waals surface area (Å²) < 4.78 is 5.02. The van der Waals surface area contributed by atoms with Crippen molar-refractivity contribution in [1.29, 1.82) is 0 Å². The summed E-state index contributed by atoms with van der Waals surface area (Å²) in [6.45, 7) is 1.75. The largest absolute Gasteiger partial charge is 0.385 e. The highest BCUT2D eigenvalue weighted by atomic mass is 35.5. The average Bonchev–Trinajstić information content (AvgIpc) is 2.73. The van der Waals surface area contributed by atoms with Crippen LogP contribution in [-0.4, -0.2) is 37.6 Å². The zero-order valence-corrected chi connectivity index (χ0v) is 11.1. The molecule has 0 radical (unpaired) electrons. The van der Waals surface area contributed by atoms with Crippen LogP contribution in [0.2, 0.25) is 5.02 Å². The number of nitrogens with zero attached hydrogens (tertiary/aromatic N) is 1. The molecule has 1 unspecified atom stereocenters. The lowest BCUT2D eigenvalue weighted by Crippen LogP contribution is -2.31. The molecule has 0 saturated carbocycles. The molecule has 1 N–H and O–H groups in total. The Hall–Kier alpha value is -1.10. The van der Waals surface area contributed by atoms with Crippen molar-refractivity contribution in [2.24, 2.45) is 0 Å². The van der Waals surface area contributed by atoms with Crippen LogP contribution in [0.5, 0.6) is 0 Å². The first kappa shape index (κ1) is 13.3. The number of benzene rings is 1. The van der Waals surface area contributed by atoms with Crippen molar-refractivity contribution in [2.75, 3.05) is 26.8 Å². The van der Waals surface area contributed by atoms with Gasteiger partial charge in [-0.05, 0) is 24.1 Å². The first-order valence-corrected chi connectivity index (χ1v) is 6.37. The topological polar surface area (TPSA) is 41.6 Å². The Morgan fingerprint density at radius 3 is 2.83 bits per heavy atom. The Labute approximate surface area is 112 Å². The average molecular weight is 269 g/mol. The van der Waals surface area contributed by atoms with E-state index in [1.54, 1.807) is 7.11 Å². The quantitative estimate of drug-likeness (QED) is 0.828. The number of hydrogen-bond donors (Lipinski definition) is 1. The Morgan fingerprint density at radius 1 is 1.44 bits per heavy atom. The second-order valence-corrected chi connectivity index (χ2v) is 4.70. The maximum Gasteiger partial charge on any atom is 0.238 e. The number of hydrogen-bond acceptors (Lipinski definition) is 3. The van der Waals surface area contributed by atoms with Crippen LogP contribution < -0.4 is 5.32 Å². The van der Waals surface area contributed by atoms with Crippen molar-refractivity contribution >= 4 is 17.5 Å². The van der Waals surface area contributed by atoms with Crippen molar-refractivity contribution < 1.29 is 9.53 Å². The van der Waals surface area contributed by atoms with Gasteiger partial charge in [0.05, 0.1) is 6.54 Å². The van der Waals surface area contributed by atoms with Crippen LogP contribution in [0.25, 0.3) is 0 Å². The van der Waals surface area contributed by atoms with Crippen molar-refractivity contribution in [3.8, 4) is 0 Å². The molecule has 1 aromatic carbocycles. The fraction of sp³-hybridized carbons (Fsp3) is 0.462. The van der Waals surface area contributed by atoms with Crippen LogP contribution in [0.1, 0.15) is 18.2 Å². The van der Waals surface area contributed by atoms with Gasteiger partial charge >= 0.3 is 0 Å². The van der Waals surface area contributed by atoms with Gasteiger partial charge in [-0.15, -0.1) is 0 Å². The zero-order valence-electron chi connectivity index (χ0n) is 10.4. The predicted octanol–water partition coefficient (Wildman–Crippen LogP) is 1.81. The van der Waals surface area contributed by atoms with Crippen molar-refractivity contribution in [3.05, 3.63) is 34.9 Å². The minimum absolute atomic E-state index is 0.0494. The molecule has 1 saturated heterocycles. The van der Waals surface area contributed by atoms with Gasteiger partial charge in [0.2, 0.25) is 5.91 Å². The molecular weight excluding hydrogens is 252 g/mol. The molecule has 1 atom stereocenters. The number of halogens is 1. The van der Waals surface area contributed by atoms with Crippen LogP contribution >= 0.6 is 11.6 Å².